The maximum atomic E-state index is 12.2. The molecule has 1 unspecified atom stereocenters. The Balaban J connectivity index is 2.13. The molecule has 1 amide bonds. The molecule has 0 aliphatic rings. The number of nitrogens with zero attached hydrogens (tertiary/aromatic N) is 2. The van der Waals surface area contributed by atoms with Crippen molar-refractivity contribution in [3.05, 3.63) is 54.1 Å². The summed E-state index contributed by atoms with van der Waals surface area (Å²) in [5.41, 5.74) is 2.10. The maximum absolute atomic E-state index is 12.2. The highest BCUT2D eigenvalue weighted by molar-refractivity contribution is 5.99. The van der Waals surface area contributed by atoms with Gasteiger partial charge in [0.2, 0.25) is 0 Å². The number of amides is 1. The Morgan fingerprint density at radius 1 is 1.26 bits per heavy atom. The molecule has 98 valence electrons. The molecule has 0 saturated heterocycles. The lowest BCUT2D eigenvalue weighted by Gasteiger charge is -2.14. The number of hydrogen-bond donors (Lipinski definition) is 2. The Bertz CT molecular complexity index is 556. The minimum atomic E-state index is -0.171. The quantitative estimate of drug-likeness (QED) is 0.878. The zero-order chi connectivity index (χ0) is 13.7. The van der Waals surface area contributed by atoms with E-state index in [2.05, 4.69) is 20.6 Å². The average molecular weight is 256 g/mol. The van der Waals surface area contributed by atoms with Crippen molar-refractivity contribution in [2.45, 2.75) is 13.0 Å². The summed E-state index contributed by atoms with van der Waals surface area (Å²) < 4.78 is 0. The van der Waals surface area contributed by atoms with Crippen LogP contribution < -0.4 is 10.6 Å². The molecular formula is C14H16N4O. The molecule has 2 heterocycles. The van der Waals surface area contributed by atoms with Crippen LogP contribution in [0.1, 0.15) is 29.0 Å². The summed E-state index contributed by atoms with van der Waals surface area (Å²) in [7, 11) is 1.77. The van der Waals surface area contributed by atoms with Crippen LogP contribution in [0.25, 0.3) is 0 Å². The fourth-order valence-electron chi connectivity index (χ4n) is 1.77. The van der Waals surface area contributed by atoms with Crippen LogP contribution in [0.5, 0.6) is 0 Å². The van der Waals surface area contributed by atoms with E-state index in [0.29, 0.717) is 5.56 Å². The number of carbonyl (C=O) groups is 1. The van der Waals surface area contributed by atoms with Crippen LogP contribution in [0.3, 0.4) is 0 Å². The van der Waals surface area contributed by atoms with Crippen LogP contribution in [0, 0.1) is 0 Å². The summed E-state index contributed by atoms with van der Waals surface area (Å²) in [5.74, 6) is -0.171. The van der Waals surface area contributed by atoms with Gasteiger partial charge in [0.25, 0.3) is 5.91 Å². The molecule has 19 heavy (non-hydrogen) atoms. The minimum Gasteiger partial charge on any atom is -0.387 e. The monoisotopic (exact) mass is 256 g/mol. The number of nitrogens with one attached hydrogen (secondary N) is 2. The van der Waals surface area contributed by atoms with Gasteiger partial charge < -0.3 is 10.6 Å². The molecule has 0 fully saturated rings. The summed E-state index contributed by atoms with van der Waals surface area (Å²) in [6.45, 7) is 1.90. The molecule has 2 aromatic rings. The van der Waals surface area contributed by atoms with Gasteiger partial charge in [0.1, 0.15) is 0 Å². The van der Waals surface area contributed by atoms with Crippen LogP contribution in [-0.2, 0) is 0 Å². The molecule has 0 aliphatic carbocycles. The smallest absolute Gasteiger partial charge is 0.255 e. The molecule has 0 radical (unpaired) electrons. The lowest BCUT2D eigenvalue weighted by molar-refractivity contribution is 0.0939. The molecule has 0 bridgehead atoms. The molecular weight excluding hydrogens is 240 g/mol. The number of pyridine rings is 2. The SMILES string of the molecule is CNc1ccncc1C(=O)NC(C)c1ccccn1. The summed E-state index contributed by atoms with van der Waals surface area (Å²) in [6.07, 6.45) is 4.90. The normalized spacial score (nSPS) is 11.7. The van der Waals surface area contributed by atoms with E-state index >= 15 is 0 Å². The van der Waals surface area contributed by atoms with Crippen LogP contribution in [0.4, 0.5) is 5.69 Å². The van der Waals surface area contributed by atoms with Gasteiger partial charge in [-0.15, -0.1) is 0 Å². The van der Waals surface area contributed by atoms with E-state index < -0.39 is 0 Å². The average Bonchev–Trinajstić information content (AvgIpc) is 2.48. The van der Waals surface area contributed by atoms with Gasteiger partial charge in [-0.1, -0.05) is 6.07 Å². The third-order valence-corrected chi connectivity index (χ3v) is 2.81. The second-order valence-corrected chi connectivity index (χ2v) is 4.12. The molecule has 2 N–H and O–H groups in total. The Kier molecular flexibility index (Phi) is 4.07. The Morgan fingerprint density at radius 2 is 2.11 bits per heavy atom. The summed E-state index contributed by atoms with van der Waals surface area (Å²) >= 11 is 0. The molecule has 1 atom stereocenters. The van der Waals surface area contributed by atoms with E-state index in [1.54, 1.807) is 31.7 Å². The van der Waals surface area contributed by atoms with E-state index in [1.807, 2.05) is 25.1 Å². The molecule has 2 aromatic heterocycles. The Labute approximate surface area is 112 Å². The van der Waals surface area contributed by atoms with Crippen molar-refractivity contribution in [1.82, 2.24) is 15.3 Å². The molecule has 5 heteroatoms. The van der Waals surface area contributed by atoms with Crippen molar-refractivity contribution in [3.63, 3.8) is 0 Å². The fraction of sp³-hybridized carbons (Fsp3) is 0.214. The van der Waals surface area contributed by atoms with Gasteiger partial charge in [-0.3, -0.25) is 14.8 Å². The van der Waals surface area contributed by atoms with Crippen molar-refractivity contribution in [2.75, 3.05) is 12.4 Å². The van der Waals surface area contributed by atoms with E-state index in [0.717, 1.165) is 11.4 Å². The van der Waals surface area contributed by atoms with Gasteiger partial charge >= 0.3 is 0 Å². The zero-order valence-corrected chi connectivity index (χ0v) is 10.9. The topological polar surface area (TPSA) is 66.9 Å². The molecule has 0 saturated carbocycles. The Morgan fingerprint density at radius 3 is 2.79 bits per heavy atom. The third kappa shape index (κ3) is 3.07. The summed E-state index contributed by atoms with van der Waals surface area (Å²) in [4.78, 5) is 20.4. The van der Waals surface area contributed by atoms with Crippen molar-refractivity contribution in [2.24, 2.45) is 0 Å². The number of rotatable bonds is 4. The highest BCUT2D eigenvalue weighted by atomic mass is 16.1. The standard InChI is InChI=1S/C14H16N4O/c1-10(12-5-3-4-7-17-12)18-14(19)11-9-16-8-6-13(11)15-2/h3-10H,1-2H3,(H,15,16)(H,18,19). The molecule has 0 aromatic carbocycles. The van der Waals surface area contributed by atoms with Gasteiger partial charge in [-0.2, -0.15) is 0 Å². The van der Waals surface area contributed by atoms with Gasteiger partial charge in [0.05, 0.1) is 17.3 Å². The van der Waals surface area contributed by atoms with Crippen molar-refractivity contribution in [3.8, 4) is 0 Å². The lowest BCUT2D eigenvalue weighted by Crippen LogP contribution is -2.27. The molecule has 0 spiro atoms. The maximum Gasteiger partial charge on any atom is 0.255 e. The first-order chi connectivity index (χ1) is 9.22. The van der Waals surface area contributed by atoms with Crippen molar-refractivity contribution < 1.29 is 4.79 Å². The van der Waals surface area contributed by atoms with Gasteiger partial charge in [0, 0.05) is 31.3 Å². The number of aromatic nitrogens is 2. The minimum absolute atomic E-state index is 0.154. The molecule has 2 rings (SSSR count). The van der Waals surface area contributed by atoms with Crippen LogP contribution in [0.2, 0.25) is 0 Å². The first-order valence-corrected chi connectivity index (χ1v) is 6.06. The van der Waals surface area contributed by atoms with Crippen molar-refractivity contribution in [1.29, 1.82) is 0 Å². The Hall–Kier alpha value is -2.43. The van der Waals surface area contributed by atoms with Gasteiger partial charge in [-0.25, -0.2) is 0 Å². The van der Waals surface area contributed by atoms with Crippen LogP contribution in [-0.4, -0.2) is 22.9 Å². The number of anilines is 1. The second kappa shape index (κ2) is 5.95. The van der Waals surface area contributed by atoms with Crippen molar-refractivity contribution >= 4 is 11.6 Å². The fourth-order valence-corrected chi connectivity index (χ4v) is 1.77. The predicted molar refractivity (Wildman–Crippen MR) is 73.9 cm³/mol. The molecule has 5 nitrogen and oxygen atoms in total. The highest BCUT2D eigenvalue weighted by Crippen LogP contribution is 2.15. The highest BCUT2D eigenvalue weighted by Gasteiger charge is 2.14. The van der Waals surface area contributed by atoms with E-state index in [-0.39, 0.29) is 11.9 Å². The third-order valence-electron chi connectivity index (χ3n) is 2.81. The summed E-state index contributed by atoms with van der Waals surface area (Å²) in [6, 6.07) is 7.23. The lowest BCUT2D eigenvalue weighted by atomic mass is 10.1. The van der Waals surface area contributed by atoms with Gasteiger partial charge in [0.15, 0.2) is 0 Å². The van der Waals surface area contributed by atoms with E-state index in [9.17, 15) is 4.79 Å². The van der Waals surface area contributed by atoms with E-state index in [4.69, 9.17) is 0 Å². The number of hydrogen-bond acceptors (Lipinski definition) is 4. The van der Waals surface area contributed by atoms with Gasteiger partial charge in [-0.05, 0) is 25.1 Å². The largest absolute Gasteiger partial charge is 0.387 e. The predicted octanol–water partition coefficient (Wildman–Crippen LogP) is 2.01. The van der Waals surface area contributed by atoms with Crippen LogP contribution in [0.15, 0.2) is 42.9 Å². The van der Waals surface area contributed by atoms with Crippen LogP contribution >= 0.6 is 0 Å². The zero-order valence-electron chi connectivity index (χ0n) is 10.9. The number of carbonyl (C=O) groups excluding carboxylic acids is 1. The second-order valence-electron chi connectivity index (χ2n) is 4.12. The molecule has 0 aliphatic heterocycles. The van der Waals surface area contributed by atoms with E-state index in [1.165, 1.54) is 0 Å². The first-order valence-electron chi connectivity index (χ1n) is 6.06. The summed E-state index contributed by atoms with van der Waals surface area (Å²) in [5, 5.41) is 5.88. The first kappa shape index (κ1) is 13.0.